The number of nitrogens with one attached hydrogen (secondary N) is 1. The van der Waals surface area contributed by atoms with Crippen molar-refractivity contribution in [2.24, 2.45) is 5.92 Å². The molecule has 1 aliphatic rings. The van der Waals surface area contributed by atoms with Crippen LogP contribution in [0, 0.1) is 17.2 Å². The van der Waals surface area contributed by atoms with E-state index < -0.39 is 33.7 Å². The van der Waals surface area contributed by atoms with Crippen molar-refractivity contribution in [3.63, 3.8) is 0 Å². The van der Waals surface area contributed by atoms with Crippen molar-refractivity contribution in [2.45, 2.75) is 19.4 Å². The summed E-state index contributed by atoms with van der Waals surface area (Å²) in [6, 6.07) is 6.28. The highest BCUT2D eigenvalue weighted by molar-refractivity contribution is 7.94. The molecule has 1 N–H and O–H groups in total. The minimum Gasteiger partial charge on any atom is -0.453 e. The fraction of sp³-hybridized carbons (Fsp3) is 0.312. The van der Waals surface area contributed by atoms with Gasteiger partial charge in [0.15, 0.2) is 15.9 Å². The zero-order valence-electron chi connectivity index (χ0n) is 13.2. The predicted octanol–water partition coefficient (Wildman–Crippen LogP) is 2.03. The van der Waals surface area contributed by atoms with Crippen molar-refractivity contribution in [1.29, 1.82) is 5.26 Å². The number of allylic oxidation sites excluding steroid dienone is 1. The number of carbonyl (C=O) groups excluding carboxylic acids is 2. The number of hydrogen-bond acceptors (Lipinski definition) is 6. The number of esters is 1. The summed E-state index contributed by atoms with van der Waals surface area (Å²) < 4.78 is 27.6. The Morgan fingerprint density at radius 2 is 2.20 bits per heavy atom. The van der Waals surface area contributed by atoms with Crippen molar-refractivity contribution < 1.29 is 22.7 Å². The van der Waals surface area contributed by atoms with Crippen LogP contribution in [0.4, 0.5) is 5.69 Å². The Balaban J connectivity index is 1.88. The molecule has 0 fully saturated rings. The van der Waals surface area contributed by atoms with E-state index in [2.05, 4.69) is 5.32 Å². The Hall–Kier alpha value is -2.37. The second-order valence-electron chi connectivity index (χ2n) is 5.55. The molecular formula is C16H15ClN2O5S. The molecule has 1 heterocycles. The summed E-state index contributed by atoms with van der Waals surface area (Å²) in [4.78, 5) is 23.9. The molecule has 1 aliphatic heterocycles. The van der Waals surface area contributed by atoms with E-state index in [4.69, 9.17) is 21.6 Å². The average molecular weight is 383 g/mol. The molecule has 1 amide bonds. The molecule has 2 rings (SSSR count). The van der Waals surface area contributed by atoms with Crippen LogP contribution < -0.4 is 5.32 Å². The molecule has 0 aromatic heterocycles. The number of rotatable bonds is 5. The molecule has 0 radical (unpaired) electrons. The molecule has 2 unspecified atom stereocenters. The number of anilines is 1. The van der Waals surface area contributed by atoms with Gasteiger partial charge in [0.1, 0.15) is 6.07 Å². The number of halogens is 1. The molecule has 0 bridgehead atoms. The Morgan fingerprint density at radius 1 is 1.48 bits per heavy atom. The fourth-order valence-electron chi connectivity index (χ4n) is 2.21. The van der Waals surface area contributed by atoms with Gasteiger partial charge in [0.05, 0.1) is 22.8 Å². The molecule has 0 saturated carbocycles. The number of benzene rings is 1. The largest absolute Gasteiger partial charge is 0.453 e. The molecule has 0 saturated heterocycles. The van der Waals surface area contributed by atoms with Crippen LogP contribution in [-0.4, -0.2) is 32.2 Å². The van der Waals surface area contributed by atoms with Gasteiger partial charge in [0.2, 0.25) is 0 Å². The van der Waals surface area contributed by atoms with E-state index in [1.807, 2.05) is 6.07 Å². The highest BCUT2D eigenvalue weighted by Gasteiger charge is 2.26. The van der Waals surface area contributed by atoms with Crippen molar-refractivity contribution >= 4 is 39.0 Å². The van der Waals surface area contributed by atoms with E-state index in [0.29, 0.717) is 5.69 Å². The first kappa shape index (κ1) is 19.0. The second kappa shape index (κ2) is 7.68. The molecule has 1 aromatic rings. The van der Waals surface area contributed by atoms with Crippen LogP contribution in [0.2, 0.25) is 5.02 Å². The van der Waals surface area contributed by atoms with Crippen LogP contribution in [0.1, 0.15) is 18.9 Å². The van der Waals surface area contributed by atoms with Crippen LogP contribution in [0.25, 0.3) is 0 Å². The molecule has 2 atom stereocenters. The fourth-order valence-corrected chi connectivity index (χ4v) is 3.83. The topological polar surface area (TPSA) is 113 Å². The molecule has 25 heavy (non-hydrogen) atoms. The van der Waals surface area contributed by atoms with Crippen molar-refractivity contribution in [2.75, 3.05) is 11.1 Å². The number of carbonyl (C=O) groups is 2. The number of amides is 1. The highest BCUT2D eigenvalue weighted by Crippen LogP contribution is 2.21. The van der Waals surface area contributed by atoms with E-state index in [1.54, 1.807) is 0 Å². The van der Waals surface area contributed by atoms with Gasteiger partial charge in [-0.1, -0.05) is 17.7 Å². The van der Waals surface area contributed by atoms with Gasteiger partial charge in [-0.25, -0.2) is 8.42 Å². The SMILES string of the molecule is CC(OC(=O)CC1C=CS(=O)(=O)C1)C(=O)Nc1ccc(C#N)c(Cl)c1. The van der Waals surface area contributed by atoms with E-state index in [1.165, 1.54) is 31.2 Å². The lowest BCUT2D eigenvalue weighted by molar-refractivity contribution is -0.153. The number of hydrogen-bond donors (Lipinski definition) is 1. The summed E-state index contributed by atoms with van der Waals surface area (Å²) >= 11 is 5.88. The van der Waals surface area contributed by atoms with Gasteiger partial charge < -0.3 is 10.1 Å². The zero-order valence-corrected chi connectivity index (χ0v) is 14.8. The third-order valence-electron chi connectivity index (χ3n) is 3.47. The quantitative estimate of drug-likeness (QED) is 0.779. The highest BCUT2D eigenvalue weighted by atomic mass is 35.5. The third kappa shape index (κ3) is 5.31. The number of nitrogens with zero attached hydrogens (tertiary/aromatic N) is 1. The van der Waals surface area contributed by atoms with Crippen molar-refractivity contribution in [3.8, 4) is 6.07 Å². The summed E-state index contributed by atoms with van der Waals surface area (Å²) in [5, 5.41) is 12.6. The van der Waals surface area contributed by atoms with E-state index in [0.717, 1.165) is 5.41 Å². The van der Waals surface area contributed by atoms with Crippen LogP contribution in [0.3, 0.4) is 0 Å². The standard InChI is InChI=1S/C16H15ClN2O5S/c1-10(24-15(20)6-11-4-5-25(22,23)9-11)16(21)19-13-3-2-12(8-18)14(17)7-13/h2-5,7,10-11H,6,9H2,1H3,(H,19,21). The van der Waals surface area contributed by atoms with Gasteiger partial charge in [-0.3, -0.25) is 9.59 Å². The molecule has 0 spiro atoms. The van der Waals surface area contributed by atoms with Gasteiger partial charge in [-0.15, -0.1) is 0 Å². The first-order valence-electron chi connectivity index (χ1n) is 7.31. The maximum atomic E-state index is 12.0. The Morgan fingerprint density at radius 3 is 2.76 bits per heavy atom. The summed E-state index contributed by atoms with van der Waals surface area (Å²) in [5.74, 6) is -1.80. The molecule has 132 valence electrons. The summed E-state index contributed by atoms with van der Waals surface area (Å²) in [6.45, 7) is 1.40. The normalized spacial score (nSPS) is 19.0. The zero-order chi connectivity index (χ0) is 18.6. The average Bonchev–Trinajstić information content (AvgIpc) is 2.85. The van der Waals surface area contributed by atoms with Crippen molar-refractivity contribution in [3.05, 3.63) is 40.3 Å². The lowest BCUT2D eigenvalue weighted by atomic mass is 10.1. The molecule has 9 heteroatoms. The van der Waals surface area contributed by atoms with Crippen LogP contribution in [0.5, 0.6) is 0 Å². The summed E-state index contributed by atoms with van der Waals surface area (Å²) in [7, 11) is -3.24. The predicted molar refractivity (Wildman–Crippen MR) is 91.4 cm³/mol. The van der Waals surface area contributed by atoms with E-state index >= 15 is 0 Å². The van der Waals surface area contributed by atoms with Gasteiger partial charge in [0.25, 0.3) is 5.91 Å². The van der Waals surface area contributed by atoms with Gasteiger partial charge in [0, 0.05) is 17.0 Å². The number of nitriles is 1. The van der Waals surface area contributed by atoms with Crippen molar-refractivity contribution in [1.82, 2.24) is 0 Å². The monoisotopic (exact) mass is 382 g/mol. The maximum Gasteiger partial charge on any atom is 0.307 e. The number of ether oxygens (including phenoxy) is 1. The molecule has 0 aliphatic carbocycles. The molecule has 7 nitrogen and oxygen atoms in total. The Labute approximate surface area is 150 Å². The molecular weight excluding hydrogens is 368 g/mol. The third-order valence-corrected chi connectivity index (χ3v) is 5.25. The first-order chi connectivity index (χ1) is 11.7. The van der Waals surface area contributed by atoms with E-state index in [-0.39, 0.29) is 22.8 Å². The minimum atomic E-state index is -3.24. The lowest BCUT2D eigenvalue weighted by Gasteiger charge is -2.15. The summed E-state index contributed by atoms with van der Waals surface area (Å²) in [6.07, 6.45) is 0.264. The Kier molecular flexibility index (Phi) is 5.82. The van der Waals surface area contributed by atoms with Crippen LogP contribution >= 0.6 is 11.6 Å². The maximum absolute atomic E-state index is 12.0. The van der Waals surface area contributed by atoms with Crippen LogP contribution in [-0.2, 0) is 24.2 Å². The van der Waals surface area contributed by atoms with Crippen LogP contribution in [0.15, 0.2) is 29.7 Å². The Bertz CT molecular complexity index is 873. The molecule has 1 aromatic carbocycles. The van der Waals surface area contributed by atoms with E-state index in [9.17, 15) is 18.0 Å². The number of sulfone groups is 1. The second-order valence-corrected chi connectivity index (χ2v) is 7.89. The van der Waals surface area contributed by atoms with Gasteiger partial charge in [-0.05, 0) is 25.1 Å². The van der Waals surface area contributed by atoms with Gasteiger partial charge in [-0.2, -0.15) is 5.26 Å². The summed E-state index contributed by atoms with van der Waals surface area (Å²) in [5.41, 5.74) is 0.639. The minimum absolute atomic E-state index is 0.115. The van der Waals surface area contributed by atoms with Gasteiger partial charge >= 0.3 is 5.97 Å². The lowest BCUT2D eigenvalue weighted by Crippen LogP contribution is -2.30. The first-order valence-corrected chi connectivity index (χ1v) is 9.40. The smallest absolute Gasteiger partial charge is 0.307 e.